The van der Waals surface area contributed by atoms with Crippen LogP contribution < -0.4 is 4.90 Å². The van der Waals surface area contributed by atoms with Crippen molar-refractivity contribution in [2.45, 2.75) is 26.9 Å². The molecule has 4 rings (SSSR count). The first-order chi connectivity index (χ1) is 14.5. The SMILES string of the molecule is Cc1cc(C)cc(N2CCN(Cc3cncn3Cc3ccc(C#N)cc3)CC2=O)c1. The third-order valence-electron chi connectivity index (χ3n) is 5.44. The van der Waals surface area contributed by atoms with Gasteiger partial charge in [0, 0.05) is 38.1 Å². The van der Waals surface area contributed by atoms with Gasteiger partial charge in [-0.25, -0.2) is 4.98 Å². The third kappa shape index (κ3) is 4.42. The minimum Gasteiger partial charge on any atom is -0.329 e. The molecule has 0 saturated carbocycles. The molecule has 0 N–H and O–H groups in total. The van der Waals surface area contributed by atoms with E-state index in [0.717, 1.165) is 23.5 Å². The summed E-state index contributed by atoms with van der Waals surface area (Å²) in [6.07, 6.45) is 3.69. The second kappa shape index (κ2) is 8.52. The van der Waals surface area contributed by atoms with E-state index in [4.69, 9.17) is 5.26 Å². The number of nitriles is 1. The summed E-state index contributed by atoms with van der Waals surface area (Å²) in [7, 11) is 0. The van der Waals surface area contributed by atoms with E-state index in [9.17, 15) is 4.79 Å². The Morgan fingerprint density at radius 2 is 1.77 bits per heavy atom. The maximum absolute atomic E-state index is 12.8. The molecule has 30 heavy (non-hydrogen) atoms. The molecule has 0 bridgehead atoms. The molecular formula is C24H25N5O. The molecule has 6 nitrogen and oxygen atoms in total. The Morgan fingerprint density at radius 3 is 2.43 bits per heavy atom. The van der Waals surface area contributed by atoms with Crippen LogP contribution >= 0.6 is 0 Å². The lowest BCUT2D eigenvalue weighted by Gasteiger charge is -2.34. The lowest BCUT2D eigenvalue weighted by atomic mass is 10.1. The summed E-state index contributed by atoms with van der Waals surface area (Å²) >= 11 is 0. The molecule has 0 aliphatic carbocycles. The predicted molar refractivity (Wildman–Crippen MR) is 116 cm³/mol. The molecule has 1 aromatic heterocycles. The maximum atomic E-state index is 12.8. The summed E-state index contributed by atoms with van der Waals surface area (Å²) in [6, 6.07) is 16.0. The summed E-state index contributed by atoms with van der Waals surface area (Å²) in [4.78, 5) is 21.2. The second-order valence-electron chi connectivity index (χ2n) is 7.92. The van der Waals surface area contributed by atoms with Crippen molar-refractivity contribution in [3.63, 3.8) is 0 Å². The predicted octanol–water partition coefficient (Wildman–Crippen LogP) is 3.27. The van der Waals surface area contributed by atoms with E-state index in [0.29, 0.717) is 31.7 Å². The summed E-state index contributed by atoms with van der Waals surface area (Å²) in [5, 5.41) is 8.95. The number of aryl methyl sites for hydroxylation is 2. The molecule has 2 aromatic carbocycles. The second-order valence-corrected chi connectivity index (χ2v) is 7.92. The highest BCUT2D eigenvalue weighted by atomic mass is 16.2. The smallest absolute Gasteiger partial charge is 0.241 e. The number of anilines is 1. The van der Waals surface area contributed by atoms with Crippen LogP contribution in [-0.4, -0.2) is 40.0 Å². The number of aromatic nitrogens is 2. The van der Waals surface area contributed by atoms with Crippen LogP contribution in [0.4, 0.5) is 5.69 Å². The number of carbonyl (C=O) groups is 1. The molecule has 0 atom stereocenters. The number of hydrogen-bond acceptors (Lipinski definition) is 4. The fourth-order valence-electron chi connectivity index (χ4n) is 3.97. The number of piperazine rings is 1. The van der Waals surface area contributed by atoms with Crippen molar-refractivity contribution >= 4 is 11.6 Å². The van der Waals surface area contributed by atoms with E-state index >= 15 is 0 Å². The van der Waals surface area contributed by atoms with Gasteiger partial charge in [-0.15, -0.1) is 0 Å². The Morgan fingerprint density at radius 1 is 1.03 bits per heavy atom. The molecule has 0 unspecified atom stereocenters. The van der Waals surface area contributed by atoms with Gasteiger partial charge < -0.3 is 9.47 Å². The van der Waals surface area contributed by atoms with Crippen LogP contribution in [0, 0.1) is 25.2 Å². The standard InChI is InChI=1S/C24H25N5O/c1-18-9-19(2)11-22(10-18)29-8-7-27(16-24(29)30)15-23-13-26-17-28(23)14-21-5-3-20(12-25)4-6-21/h3-6,9-11,13,17H,7-8,14-16H2,1-2H3. The molecule has 3 aromatic rings. The summed E-state index contributed by atoms with van der Waals surface area (Å²) in [5.41, 5.74) is 6.18. The zero-order valence-corrected chi connectivity index (χ0v) is 17.4. The van der Waals surface area contributed by atoms with Gasteiger partial charge in [-0.1, -0.05) is 18.2 Å². The number of imidazole rings is 1. The lowest BCUT2D eigenvalue weighted by Crippen LogP contribution is -2.50. The molecule has 1 aliphatic rings. The van der Waals surface area contributed by atoms with E-state index in [1.165, 1.54) is 11.1 Å². The monoisotopic (exact) mass is 399 g/mol. The van der Waals surface area contributed by atoms with Gasteiger partial charge >= 0.3 is 0 Å². The quantitative estimate of drug-likeness (QED) is 0.661. The first-order valence-electron chi connectivity index (χ1n) is 10.1. The van der Waals surface area contributed by atoms with E-state index in [1.807, 2.05) is 41.7 Å². The van der Waals surface area contributed by atoms with Crippen molar-refractivity contribution in [3.05, 3.63) is 82.9 Å². The molecule has 1 fully saturated rings. The number of benzene rings is 2. The van der Waals surface area contributed by atoms with Crippen LogP contribution in [0.25, 0.3) is 0 Å². The van der Waals surface area contributed by atoms with Gasteiger partial charge in [-0.05, 0) is 54.8 Å². The van der Waals surface area contributed by atoms with Gasteiger partial charge in [-0.2, -0.15) is 5.26 Å². The summed E-state index contributed by atoms with van der Waals surface area (Å²) < 4.78 is 2.10. The van der Waals surface area contributed by atoms with Crippen LogP contribution in [0.3, 0.4) is 0 Å². The molecule has 1 amide bonds. The zero-order valence-electron chi connectivity index (χ0n) is 17.4. The van der Waals surface area contributed by atoms with Crippen molar-refractivity contribution < 1.29 is 4.79 Å². The number of rotatable bonds is 5. The Hall–Kier alpha value is -3.43. The molecule has 1 saturated heterocycles. The van der Waals surface area contributed by atoms with Gasteiger partial charge in [-0.3, -0.25) is 9.69 Å². The van der Waals surface area contributed by atoms with E-state index in [2.05, 4.69) is 52.6 Å². The average molecular weight is 399 g/mol. The van der Waals surface area contributed by atoms with Crippen molar-refractivity contribution in [2.75, 3.05) is 24.5 Å². The van der Waals surface area contributed by atoms with Crippen LogP contribution in [-0.2, 0) is 17.9 Å². The van der Waals surface area contributed by atoms with Crippen LogP contribution in [0.2, 0.25) is 0 Å². The normalized spacial score (nSPS) is 14.7. The number of nitrogens with zero attached hydrogens (tertiary/aromatic N) is 5. The summed E-state index contributed by atoms with van der Waals surface area (Å²) in [5.74, 6) is 0.129. The Kier molecular flexibility index (Phi) is 5.64. The molecule has 0 radical (unpaired) electrons. The van der Waals surface area contributed by atoms with Crippen molar-refractivity contribution in [1.82, 2.24) is 14.5 Å². The Labute approximate surface area is 177 Å². The molecule has 0 spiro atoms. The fourth-order valence-corrected chi connectivity index (χ4v) is 3.97. The zero-order chi connectivity index (χ0) is 21.1. The fraction of sp³-hybridized carbons (Fsp3) is 0.292. The number of amides is 1. The third-order valence-corrected chi connectivity index (χ3v) is 5.44. The van der Waals surface area contributed by atoms with Gasteiger partial charge in [0.15, 0.2) is 0 Å². The first-order valence-corrected chi connectivity index (χ1v) is 10.1. The van der Waals surface area contributed by atoms with Crippen molar-refractivity contribution in [2.24, 2.45) is 0 Å². The molecule has 1 aliphatic heterocycles. The minimum absolute atomic E-state index is 0.129. The van der Waals surface area contributed by atoms with E-state index in [-0.39, 0.29) is 5.91 Å². The molecule has 2 heterocycles. The lowest BCUT2D eigenvalue weighted by molar-refractivity contribution is -0.121. The first kappa shape index (κ1) is 19.9. The topological polar surface area (TPSA) is 65.2 Å². The minimum atomic E-state index is 0.129. The Bertz CT molecular complexity index is 1070. The van der Waals surface area contributed by atoms with Crippen LogP contribution in [0.5, 0.6) is 0 Å². The van der Waals surface area contributed by atoms with E-state index in [1.54, 1.807) is 0 Å². The number of hydrogen-bond donors (Lipinski definition) is 0. The van der Waals surface area contributed by atoms with Crippen molar-refractivity contribution in [1.29, 1.82) is 5.26 Å². The highest BCUT2D eigenvalue weighted by Crippen LogP contribution is 2.21. The van der Waals surface area contributed by atoms with Crippen LogP contribution in [0.1, 0.15) is 27.9 Å². The molecule has 6 heteroatoms. The summed E-state index contributed by atoms with van der Waals surface area (Å²) in [6.45, 7) is 7.40. The van der Waals surface area contributed by atoms with E-state index < -0.39 is 0 Å². The van der Waals surface area contributed by atoms with Gasteiger partial charge in [0.25, 0.3) is 0 Å². The number of carbonyl (C=O) groups excluding carboxylic acids is 1. The van der Waals surface area contributed by atoms with Crippen molar-refractivity contribution in [3.8, 4) is 6.07 Å². The highest BCUT2D eigenvalue weighted by Gasteiger charge is 2.26. The van der Waals surface area contributed by atoms with Gasteiger partial charge in [0.1, 0.15) is 0 Å². The molecular weight excluding hydrogens is 374 g/mol. The average Bonchev–Trinajstić information content (AvgIpc) is 3.14. The van der Waals surface area contributed by atoms with Crippen LogP contribution in [0.15, 0.2) is 55.0 Å². The largest absolute Gasteiger partial charge is 0.329 e. The highest BCUT2D eigenvalue weighted by molar-refractivity contribution is 5.95. The molecule has 152 valence electrons. The van der Waals surface area contributed by atoms with Gasteiger partial charge in [0.2, 0.25) is 5.91 Å². The Balaban J connectivity index is 1.41. The van der Waals surface area contributed by atoms with Gasteiger partial charge in [0.05, 0.1) is 30.2 Å². The maximum Gasteiger partial charge on any atom is 0.241 e.